The van der Waals surface area contributed by atoms with Crippen molar-refractivity contribution >= 4 is 41.5 Å². The van der Waals surface area contributed by atoms with Crippen LogP contribution in [-0.4, -0.2) is 56.2 Å². The van der Waals surface area contributed by atoms with Crippen LogP contribution in [0.2, 0.25) is 5.02 Å². The first kappa shape index (κ1) is 28.3. The van der Waals surface area contributed by atoms with Crippen LogP contribution in [0.3, 0.4) is 0 Å². The molecule has 6 rings (SSSR count). The Bertz CT molecular complexity index is 1500. The van der Waals surface area contributed by atoms with E-state index in [4.69, 9.17) is 11.6 Å². The maximum absolute atomic E-state index is 13.7. The molecule has 4 atom stereocenters. The van der Waals surface area contributed by atoms with Gasteiger partial charge in [0.05, 0.1) is 28.0 Å². The van der Waals surface area contributed by atoms with E-state index in [9.17, 15) is 31.5 Å². The van der Waals surface area contributed by atoms with Crippen molar-refractivity contribution in [2.24, 2.45) is 18.9 Å². The Kier molecular flexibility index (Phi) is 6.86. The van der Waals surface area contributed by atoms with Crippen molar-refractivity contribution in [3.63, 3.8) is 0 Å². The lowest BCUT2D eigenvalue weighted by Crippen LogP contribution is -2.32. The molecular formula is C24H22Cl2F5N7O2. The van der Waals surface area contributed by atoms with Gasteiger partial charge in [-0.2, -0.15) is 18.3 Å². The summed E-state index contributed by atoms with van der Waals surface area (Å²) in [7, 11) is 1.32. The molecule has 2 aliphatic carbocycles. The molecule has 3 aromatic rings. The summed E-state index contributed by atoms with van der Waals surface area (Å²) in [5.41, 5.74) is -1.49. The number of carbonyl (C=O) groups excluding carboxylic acids is 2. The van der Waals surface area contributed by atoms with Gasteiger partial charge in [0, 0.05) is 44.5 Å². The lowest BCUT2D eigenvalue weighted by Gasteiger charge is -2.11. The van der Waals surface area contributed by atoms with Gasteiger partial charge in [-0.05, 0) is 30.0 Å². The van der Waals surface area contributed by atoms with Gasteiger partial charge < -0.3 is 20.5 Å². The van der Waals surface area contributed by atoms with E-state index in [2.05, 4.69) is 26.0 Å². The third-order valence-corrected chi connectivity index (χ3v) is 7.75. The second-order valence-electron chi connectivity index (χ2n) is 10.0. The highest BCUT2D eigenvalue weighted by molar-refractivity contribution is 6.34. The number of fused-ring (bicyclic) bond motifs is 1. The van der Waals surface area contributed by atoms with Gasteiger partial charge in [-0.15, -0.1) is 12.4 Å². The molecule has 3 aliphatic rings. The zero-order chi connectivity index (χ0) is 27.9. The van der Waals surface area contributed by atoms with E-state index in [0.29, 0.717) is 16.5 Å². The highest BCUT2D eigenvalue weighted by Gasteiger charge is 2.59. The van der Waals surface area contributed by atoms with Crippen LogP contribution in [0.15, 0.2) is 30.6 Å². The Morgan fingerprint density at radius 1 is 1.18 bits per heavy atom. The molecule has 1 saturated heterocycles. The molecule has 9 nitrogen and oxygen atoms in total. The van der Waals surface area contributed by atoms with Crippen LogP contribution in [0.4, 0.5) is 27.6 Å². The highest BCUT2D eigenvalue weighted by Crippen LogP contribution is 2.53. The van der Waals surface area contributed by atoms with Gasteiger partial charge in [0.2, 0.25) is 0 Å². The molecule has 214 valence electrons. The summed E-state index contributed by atoms with van der Waals surface area (Å²) in [6.45, 7) is 1.72. The lowest BCUT2D eigenvalue weighted by molar-refractivity contribution is -0.141. The minimum Gasteiger partial charge on any atom is -0.349 e. The van der Waals surface area contributed by atoms with E-state index in [1.54, 1.807) is 0 Å². The van der Waals surface area contributed by atoms with Gasteiger partial charge in [0.15, 0.2) is 11.5 Å². The number of amides is 2. The van der Waals surface area contributed by atoms with E-state index in [-0.39, 0.29) is 52.1 Å². The second kappa shape index (κ2) is 9.70. The number of halogens is 7. The largest absolute Gasteiger partial charge is 0.435 e. The summed E-state index contributed by atoms with van der Waals surface area (Å²) >= 11 is 6.29. The quantitative estimate of drug-likeness (QED) is 0.366. The van der Waals surface area contributed by atoms with Gasteiger partial charge >= 0.3 is 6.18 Å². The topological polar surface area (TPSA) is 106 Å². The van der Waals surface area contributed by atoms with Gasteiger partial charge in [-0.3, -0.25) is 14.3 Å². The third-order valence-electron chi connectivity index (χ3n) is 7.44. The summed E-state index contributed by atoms with van der Waals surface area (Å²) in [6, 6.07) is 2.97. The molecule has 3 heterocycles. The smallest absolute Gasteiger partial charge is 0.349 e. The summed E-state index contributed by atoms with van der Waals surface area (Å²) in [5.74, 6) is -3.61. The zero-order valence-electron chi connectivity index (χ0n) is 20.6. The molecule has 3 fully saturated rings. The molecule has 0 unspecified atom stereocenters. The monoisotopic (exact) mass is 605 g/mol. The van der Waals surface area contributed by atoms with Gasteiger partial charge in [-0.1, -0.05) is 11.6 Å². The number of carbonyl (C=O) groups is 2. The molecule has 2 amide bonds. The van der Waals surface area contributed by atoms with E-state index >= 15 is 0 Å². The number of anilines is 1. The fraction of sp³-hybridized carbons (Fsp3) is 0.417. The average Bonchev–Trinajstić information content (AvgIpc) is 3.38. The van der Waals surface area contributed by atoms with Crippen LogP contribution in [0.5, 0.6) is 0 Å². The molecule has 3 N–H and O–H groups in total. The Morgan fingerprint density at radius 3 is 2.45 bits per heavy atom. The Labute approximate surface area is 234 Å². The number of imidazole rings is 1. The summed E-state index contributed by atoms with van der Waals surface area (Å²) < 4.78 is 69.6. The molecule has 0 spiro atoms. The van der Waals surface area contributed by atoms with Crippen LogP contribution in [0, 0.1) is 11.8 Å². The SMILES string of the molecule is Cl.Cn1c(-c2cn([C@H]3CC3(F)F)nc2C(F)(F)F)cnc1C(=O)Nc1ccc(C(=O)N[C@H]2[C@@H]3CNC[C@@H]32)c(Cl)c1. The molecule has 0 radical (unpaired) electrons. The van der Waals surface area contributed by atoms with Crippen molar-refractivity contribution in [3.8, 4) is 11.3 Å². The number of nitrogens with zero attached hydrogens (tertiary/aromatic N) is 4. The van der Waals surface area contributed by atoms with E-state index in [1.165, 1.54) is 25.2 Å². The minimum absolute atomic E-state index is 0. The van der Waals surface area contributed by atoms with Crippen LogP contribution in [-0.2, 0) is 13.2 Å². The van der Waals surface area contributed by atoms with Crippen LogP contribution in [0.1, 0.15) is 39.1 Å². The lowest BCUT2D eigenvalue weighted by atomic mass is 10.2. The first-order chi connectivity index (χ1) is 18.3. The minimum atomic E-state index is -4.92. The van der Waals surface area contributed by atoms with E-state index in [0.717, 1.165) is 30.1 Å². The zero-order valence-corrected chi connectivity index (χ0v) is 22.2. The summed E-state index contributed by atoms with van der Waals surface area (Å²) in [6.07, 6.45) is -3.59. The normalized spacial score (nSPS) is 24.2. The number of rotatable bonds is 6. The predicted molar refractivity (Wildman–Crippen MR) is 136 cm³/mol. The fourth-order valence-corrected chi connectivity index (χ4v) is 5.40. The van der Waals surface area contributed by atoms with E-state index in [1.807, 2.05) is 0 Å². The maximum atomic E-state index is 13.7. The van der Waals surface area contributed by atoms with Crippen LogP contribution >= 0.6 is 24.0 Å². The molecule has 0 bridgehead atoms. The first-order valence-electron chi connectivity index (χ1n) is 12.0. The van der Waals surface area contributed by atoms with Gasteiger partial charge in [0.25, 0.3) is 17.7 Å². The Hall–Kier alpha value is -3.23. The second-order valence-corrected chi connectivity index (χ2v) is 10.4. The van der Waals surface area contributed by atoms with E-state index < -0.39 is 41.7 Å². The third kappa shape index (κ3) is 4.92. The molecular weight excluding hydrogens is 584 g/mol. The Morgan fingerprint density at radius 2 is 1.85 bits per heavy atom. The molecule has 2 aromatic heterocycles. The number of aromatic nitrogens is 4. The van der Waals surface area contributed by atoms with Crippen molar-refractivity contribution in [3.05, 3.63) is 52.7 Å². The number of alkyl halides is 5. The van der Waals surface area contributed by atoms with Crippen molar-refractivity contribution < 1.29 is 31.5 Å². The number of benzene rings is 1. The van der Waals surface area contributed by atoms with Crippen molar-refractivity contribution in [2.45, 2.75) is 30.6 Å². The number of hydrogen-bond acceptors (Lipinski definition) is 5. The Balaban J connectivity index is 0.00000323. The molecule has 16 heteroatoms. The predicted octanol–water partition coefficient (Wildman–Crippen LogP) is 4.16. The van der Waals surface area contributed by atoms with Crippen molar-refractivity contribution in [1.29, 1.82) is 0 Å². The maximum Gasteiger partial charge on any atom is 0.435 e. The molecule has 1 aliphatic heterocycles. The fourth-order valence-electron chi connectivity index (χ4n) is 5.13. The number of piperidine rings is 1. The van der Waals surface area contributed by atoms with Crippen molar-refractivity contribution in [2.75, 3.05) is 18.4 Å². The number of nitrogens with one attached hydrogen (secondary N) is 3. The first-order valence-corrected chi connectivity index (χ1v) is 12.4. The summed E-state index contributed by atoms with van der Waals surface area (Å²) in [5, 5.41) is 12.2. The molecule has 2 saturated carbocycles. The highest BCUT2D eigenvalue weighted by atomic mass is 35.5. The van der Waals surface area contributed by atoms with Crippen LogP contribution in [0.25, 0.3) is 11.3 Å². The average molecular weight is 606 g/mol. The molecule has 40 heavy (non-hydrogen) atoms. The number of hydrogen-bond donors (Lipinski definition) is 3. The van der Waals surface area contributed by atoms with Gasteiger partial charge in [-0.25, -0.2) is 13.8 Å². The summed E-state index contributed by atoms with van der Waals surface area (Å²) in [4.78, 5) is 29.5. The van der Waals surface area contributed by atoms with Crippen molar-refractivity contribution in [1.82, 2.24) is 30.0 Å². The van der Waals surface area contributed by atoms with Gasteiger partial charge in [0.1, 0.15) is 6.04 Å². The molecule has 1 aromatic carbocycles. The standard InChI is InChI=1S/C24H21ClF5N7O2.ClH/c1-36-16(14-9-37(17-5-23(17,26)27)35-19(14)24(28,29)30)8-32-20(36)22(39)33-10-2-3-11(15(25)4-10)21(38)34-18-12-6-31-7-13(12)18;/h2-4,8-9,12-13,17-18,31H,5-7H2,1H3,(H,33,39)(H,34,38);1H/t12-,13+,17-,18+;/m0./s1. The van der Waals surface area contributed by atoms with Crippen LogP contribution < -0.4 is 16.0 Å².